The van der Waals surface area contributed by atoms with Crippen molar-refractivity contribution in [3.63, 3.8) is 0 Å². The van der Waals surface area contributed by atoms with E-state index in [2.05, 4.69) is 4.98 Å². The average molecular weight is 236 g/mol. The molecule has 0 saturated heterocycles. The summed E-state index contributed by atoms with van der Waals surface area (Å²) in [6, 6.07) is 4.35. The second-order valence-electron chi connectivity index (χ2n) is 4.54. The lowest BCUT2D eigenvalue weighted by atomic mass is 10.2. The number of pyridine rings is 1. The smallest absolute Gasteiger partial charge is 0.272 e. The van der Waals surface area contributed by atoms with Crippen LogP contribution in [-0.2, 0) is 0 Å². The van der Waals surface area contributed by atoms with Crippen LogP contribution in [0.15, 0.2) is 18.2 Å². The Hall–Kier alpha value is -1.45. The lowest BCUT2D eigenvalue weighted by Crippen LogP contribution is -2.34. The van der Waals surface area contributed by atoms with Crippen LogP contribution in [0.4, 0.5) is 4.39 Å². The van der Waals surface area contributed by atoms with E-state index in [0.717, 1.165) is 13.0 Å². The summed E-state index contributed by atoms with van der Waals surface area (Å²) in [6.07, 6.45) is 3.31. The number of hydrogen-bond donors (Lipinski definition) is 0. The third-order valence-electron chi connectivity index (χ3n) is 2.89. The molecule has 0 unspecified atom stereocenters. The first-order valence-corrected chi connectivity index (χ1v) is 6.12. The minimum atomic E-state index is -0.598. The fourth-order valence-electron chi connectivity index (χ4n) is 1.85. The van der Waals surface area contributed by atoms with Crippen LogP contribution >= 0.6 is 0 Å². The Morgan fingerprint density at radius 2 is 2.29 bits per heavy atom. The first kappa shape index (κ1) is 12.0. The molecule has 1 fully saturated rings. The zero-order valence-corrected chi connectivity index (χ0v) is 10.0. The summed E-state index contributed by atoms with van der Waals surface area (Å²) >= 11 is 0. The fourth-order valence-corrected chi connectivity index (χ4v) is 1.85. The van der Waals surface area contributed by atoms with E-state index in [1.807, 2.05) is 6.92 Å². The summed E-state index contributed by atoms with van der Waals surface area (Å²) in [5, 5.41) is 0. The van der Waals surface area contributed by atoms with Crippen molar-refractivity contribution in [3.05, 3.63) is 29.8 Å². The van der Waals surface area contributed by atoms with Crippen LogP contribution in [0, 0.1) is 11.9 Å². The number of rotatable bonds is 5. The van der Waals surface area contributed by atoms with Gasteiger partial charge in [0.2, 0.25) is 5.95 Å². The highest BCUT2D eigenvalue weighted by Gasteiger charge is 2.27. The number of aromatic nitrogens is 1. The van der Waals surface area contributed by atoms with Gasteiger partial charge in [0, 0.05) is 13.1 Å². The van der Waals surface area contributed by atoms with Gasteiger partial charge in [-0.05, 0) is 37.3 Å². The molecule has 1 aliphatic carbocycles. The molecule has 17 heavy (non-hydrogen) atoms. The normalized spacial score (nSPS) is 14.7. The van der Waals surface area contributed by atoms with Gasteiger partial charge in [0.1, 0.15) is 5.69 Å². The van der Waals surface area contributed by atoms with Gasteiger partial charge in [0.15, 0.2) is 0 Å². The number of halogens is 1. The van der Waals surface area contributed by atoms with E-state index in [1.54, 1.807) is 11.0 Å². The minimum absolute atomic E-state index is 0.154. The summed E-state index contributed by atoms with van der Waals surface area (Å²) in [5.74, 6) is -0.115. The predicted octanol–water partition coefficient (Wildman–Crippen LogP) is 2.48. The minimum Gasteiger partial charge on any atom is -0.337 e. The van der Waals surface area contributed by atoms with E-state index in [9.17, 15) is 9.18 Å². The monoisotopic (exact) mass is 236 g/mol. The third kappa shape index (κ3) is 3.25. The van der Waals surface area contributed by atoms with E-state index in [-0.39, 0.29) is 11.6 Å². The quantitative estimate of drug-likeness (QED) is 0.736. The molecule has 2 rings (SSSR count). The second kappa shape index (κ2) is 5.25. The largest absolute Gasteiger partial charge is 0.337 e. The molecule has 4 heteroatoms. The van der Waals surface area contributed by atoms with E-state index < -0.39 is 5.95 Å². The lowest BCUT2D eigenvalue weighted by molar-refractivity contribution is 0.0740. The maximum Gasteiger partial charge on any atom is 0.272 e. The topological polar surface area (TPSA) is 33.2 Å². The van der Waals surface area contributed by atoms with Crippen LogP contribution in [0.2, 0.25) is 0 Å². The number of carbonyl (C=O) groups is 1. The number of carbonyl (C=O) groups excluding carboxylic acids is 1. The molecule has 0 spiro atoms. The van der Waals surface area contributed by atoms with Crippen molar-refractivity contribution >= 4 is 5.91 Å². The molecule has 0 aromatic carbocycles. The highest BCUT2D eigenvalue weighted by atomic mass is 19.1. The van der Waals surface area contributed by atoms with E-state index >= 15 is 0 Å². The Morgan fingerprint density at radius 1 is 1.53 bits per heavy atom. The molecular weight excluding hydrogens is 219 g/mol. The number of hydrogen-bond acceptors (Lipinski definition) is 2. The molecule has 1 amide bonds. The van der Waals surface area contributed by atoms with Gasteiger partial charge < -0.3 is 4.90 Å². The van der Waals surface area contributed by atoms with Gasteiger partial charge in [0.25, 0.3) is 5.91 Å². The van der Waals surface area contributed by atoms with Crippen molar-refractivity contribution in [1.29, 1.82) is 0 Å². The zero-order valence-electron chi connectivity index (χ0n) is 10.0. The molecule has 0 aliphatic heterocycles. The van der Waals surface area contributed by atoms with Gasteiger partial charge in [-0.25, -0.2) is 4.98 Å². The van der Waals surface area contributed by atoms with Gasteiger partial charge in [-0.1, -0.05) is 13.0 Å². The Kier molecular flexibility index (Phi) is 3.71. The van der Waals surface area contributed by atoms with Crippen LogP contribution in [0.5, 0.6) is 0 Å². The Morgan fingerprint density at radius 3 is 2.88 bits per heavy atom. The van der Waals surface area contributed by atoms with Crippen molar-refractivity contribution in [2.24, 2.45) is 5.92 Å². The Bertz CT molecular complexity index is 404. The molecule has 1 heterocycles. The highest BCUT2D eigenvalue weighted by Crippen LogP contribution is 2.30. The lowest BCUT2D eigenvalue weighted by Gasteiger charge is -2.21. The maximum atomic E-state index is 13.0. The van der Waals surface area contributed by atoms with Crippen molar-refractivity contribution in [1.82, 2.24) is 9.88 Å². The van der Waals surface area contributed by atoms with Crippen molar-refractivity contribution in [2.75, 3.05) is 13.1 Å². The standard InChI is InChI=1S/C13H17FN2O/c1-2-8-16(9-10-6-7-10)13(17)11-4-3-5-12(14)15-11/h3-5,10H,2,6-9H2,1H3. The fraction of sp³-hybridized carbons (Fsp3) is 0.538. The average Bonchev–Trinajstić information content (AvgIpc) is 3.11. The molecule has 92 valence electrons. The van der Waals surface area contributed by atoms with Crippen molar-refractivity contribution < 1.29 is 9.18 Å². The Balaban J connectivity index is 2.08. The van der Waals surface area contributed by atoms with Gasteiger partial charge in [-0.2, -0.15) is 4.39 Å². The molecule has 0 atom stereocenters. The molecule has 1 aromatic heterocycles. The van der Waals surface area contributed by atoms with Gasteiger partial charge in [-0.15, -0.1) is 0 Å². The summed E-state index contributed by atoms with van der Waals surface area (Å²) in [4.78, 5) is 17.6. The summed E-state index contributed by atoms with van der Waals surface area (Å²) in [7, 11) is 0. The van der Waals surface area contributed by atoms with Gasteiger partial charge >= 0.3 is 0 Å². The molecule has 0 N–H and O–H groups in total. The molecule has 1 aromatic rings. The number of nitrogens with zero attached hydrogens (tertiary/aromatic N) is 2. The molecule has 3 nitrogen and oxygen atoms in total. The molecular formula is C13H17FN2O. The molecule has 1 saturated carbocycles. The summed E-state index contributed by atoms with van der Waals surface area (Å²) in [6.45, 7) is 3.53. The van der Waals surface area contributed by atoms with Crippen LogP contribution < -0.4 is 0 Å². The van der Waals surface area contributed by atoms with Crippen molar-refractivity contribution in [3.8, 4) is 0 Å². The van der Waals surface area contributed by atoms with Crippen LogP contribution in [0.1, 0.15) is 36.7 Å². The molecule has 0 radical (unpaired) electrons. The first-order chi connectivity index (χ1) is 8.20. The van der Waals surface area contributed by atoms with Gasteiger partial charge in [0.05, 0.1) is 0 Å². The third-order valence-corrected chi connectivity index (χ3v) is 2.89. The predicted molar refractivity (Wildman–Crippen MR) is 63.1 cm³/mol. The number of amides is 1. The van der Waals surface area contributed by atoms with Crippen molar-refractivity contribution in [2.45, 2.75) is 26.2 Å². The SMILES string of the molecule is CCCN(CC1CC1)C(=O)c1cccc(F)n1. The van der Waals surface area contributed by atoms with Crippen LogP contribution in [0.25, 0.3) is 0 Å². The zero-order chi connectivity index (χ0) is 12.3. The van der Waals surface area contributed by atoms with Crippen LogP contribution in [0.3, 0.4) is 0 Å². The van der Waals surface area contributed by atoms with Gasteiger partial charge in [-0.3, -0.25) is 4.79 Å². The van der Waals surface area contributed by atoms with E-state index in [0.29, 0.717) is 12.5 Å². The summed E-state index contributed by atoms with van der Waals surface area (Å²) < 4.78 is 13.0. The molecule has 1 aliphatic rings. The highest BCUT2D eigenvalue weighted by molar-refractivity contribution is 5.92. The molecule has 0 bridgehead atoms. The Labute approximate surface area is 101 Å². The van der Waals surface area contributed by atoms with Crippen LogP contribution in [-0.4, -0.2) is 28.9 Å². The van der Waals surface area contributed by atoms with E-state index in [4.69, 9.17) is 0 Å². The second-order valence-corrected chi connectivity index (χ2v) is 4.54. The maximum absolute atomic E-state index is 13.0. The summed E-state index contributed by atoms with van der Waals surface area (Å²) in [5.41, 5.74) is 0.208. The van der Waals surface area contributed by atoms with E-state index in [1.165, 1.54) is 25.0 Å². The first-order valence-electron chi connectivity index (χ1n) is 6.12.